The maximum atomic E-state index is 12.7. The van der Waals surface area contributed by atoms with Gasteiger partial charge in [0.05, 0.1) is 18.6 Å². The third-order valence-electron chi connectivity index (χ3n) is 5.50. The summed E-state index contributed by atoms with van der Waals surface area (Å²) in [7, 11) is 0. The second-order valence-electron chi connectivity index (χ2n) is 9.45. The van der Waals surface area contributed by atoms with Gasteiger partial charge in [-0.05, 0) is 49.9 Å². The summed E-state index contributed by atoms with van der Waals surface area (Å²) < 4.78 is 11.2. The van der Waals surface area contributed by atoms with Crippen molar-refractivity contribution in [3.8, 4) is 11.1 Å². The van der Waals surface area contributed by atoms with Gasteiger partial charge in [0.2, 0.25) is 5.91 Å². The van der Waals surface area contributed by atoms with Gasteiger partial charge in [-0.15, -0.1) is 0 Å². The van der Waals surface area contributed by atoms with Gasteiger partial charge < -0.3 is 25.2 Å². The van der Waals surface area contributed by atoms with Crippen LogP contribution in [0.4, 0.5) is 4.79 Å². The van der Waals surface area contributed by atoms with E-state index in [-0.39, 0.29) is 25.6 Å². The molecule has 0 spiro atoms. The molecule has 2 aromatic rings. The van der Waals surface area contributed by atoms with Crippen molar-refractivity contribution in [2.24, 2.45) is 0 Å². The molecule has 0 heterocycles. The molecule has 0 bridgehead atoms. The first-order valence-corrected chi connectivity index (χ1v) is 11.3. The van der Waals surface area contributed by atoms with Gasteiger partial charge in [0.25, 0.3) is 0 Å². The molecule has 8 heteroatoms. The first kappa shape index (κ1) is 25.2. The Bertz CT molecular complexity index is 1000. The maximum Gasteiger partial charge on any atom is 0.407 e. The van der Waals surface area contributed by atoms with E-state index in [1.807, 2.05) is 57.2 Å². The molecule has 0 aliphatic heterocycles. The Morgan fingerprint density at radius 3 is 2.06 bits per heavy atom. The summed E-state index contributed by atoms with van der Waals surface area (Å²) in [6, 6.07) is 14.4. The van der Waals surface area contributed by atoms with Crippen LogP contribution in [0.3, 0.4) is 0 Å². The molecule has 1 aliphatic carbocycles. The first-order valence-electron chi connectivity index (χ1n) is 11.3. The van der Waals surface area contributed by atoms with Crippen LogP contribution in [0.25, 0.3) is 11.1 Å². The number of carbonyl (C=O) groups excluding carboxylic acids is 2. The van der Waals surface area contributed by atoms with E-state index in [1.54, 1.807) is 6.92 Å². The van der Waals surface area contributed by atoms with Crippen molar-refractivity contribution in [1.82, 2.24) is 10.6 Å². The monoisotopic (exact) mass is 468 g/mol. The standard InChI is InChI=1S/C26H32N2O6/c1-16(13-23(29)30)27-24(31)22(15-34-26(2,3)4)28-25(32)33-14-21-19-11-7-5-9-17(19)18-10-6-8-12-20(18)21/h5-12,16,21-22H,13-15H2,1-4H3,(H,27,31)(H,28,32)(H,29,30)/t16?,22-/m0/s1. The van der Waals surface area contributed by atoms with Crippen LogP contribution < -0.4 is 10.6 Å². The fraction of sp³-hybridized carbons (Fsp3) is 0.423. The van der Waals surface area contributed by atoms with E-state index in [4.69, 9.17) is 14.6 Å². The van der Waals surface area contributed by atoms with Gasteiger partial charge in [0, 0.05) is 12.0 Å². The van der Waals surface area contributed by atoms with E-state index >= 15 is 0 Å². The molecule has 34 heavy (non-hydrogen) atoms. The van der Waals surface area contributed by atoms with Gasteiger partial charge in [-0.3, -0.25) is 9.59 Å². The van der Waals surface area contributed by atoms with Gasteiger partial charge in [0.1, 0.15) is 12.6 Å². The second kappa shape index (κ2) is 10.7. The normalized spacial score (nSPS) is 14.5. The van der Waals surface area contributed by atoms with Gasteiger partial charge in [-0.25, -0.2) is 4.79 Å². The Morgan fingerprint density at radius 1 is 0.971 bits per heavy atom. The summed E-state index contributed by atoms with van der Waals surface area (Å²) in [5, 5.41) is 14.1. The van der Waals surface area contributed by atoms with Crippen molar-refractivity contribution in [1.29, 1.82) is 0 Å². The SMILES string of the molecule is CC(CC(=O)O)NC(=O)[C@H](COC(C)(C)C)NC(=O)OCC1c2ccccc2-c2ccccc21. The van der Waals surface area contributed by atoms with Crippen molar-refractivity contribution in [2.45, 2.75) is 57.7 Å². The number of carboxylic acid groups (broad SMARTS) is 1. The predicted octanol–water partition coefficient (Wildman–Crippen LogP) is 3.69. The summed E-state index contributed by atoms with van der Waals surface area (Å²) in [6.45, 7) is 7.12. The summed E-state index contributed by atoms with van der Waals surface area (Å²) >= 11 is 0. The highest BCUT2D eigenvalue weighted by Gasteiger charge is 2.30. The van der Waals surface area contributed by atoms with Crippen LogP contribution in [0.2, 0.25) is 0 Å². The number of hydrogen-bond acceptors (Lipinski definition) is 5. The third kappa shape index (κ3) is 6.57. The summed E-state index contributed by atoms with van der Waals surface area (Å²) in [5.41, 5.74) is 3.88. The zero-order chi connectivity index (χ0) is 24.9. The molecular formula is C26H32N2O6. The summed E-state index contributed by atoms with van der Waals surface area (Å²) in [5.74, 6) is -1.67. The molecule has 1 unspecified atom stereocenters. The Labute approximate surface area is 199 Å². The molecule has 3 N–H and O–H groups in total. The van der Waals surface area contributed by atoms with E-state index in [0.29, 0.717) is 0 Å². The van der Waals surface area contributed by atoms with Gasteiger partial charge in [0.15, 0.2) is 0 Å². The number of hydrogen-bond donors (Lipinski definition) is 3. The number of rotatable bonds is 9. The van der Waals surface area contributed by atoms with Crippen LogP contribution in [0.1, 0.15) is 51.2 Å². The van der Waals surface area contributed by atoms with Crippen LogP contribution in [0.5, 0.6) is 0 Å². The largest absolute Gasteiger partial charge is 0.481 e. The lowest BCUT2D eigenvalue weighted by atomic mass is 9.98. The van der Waals surface area contributed by atoms with Crippen LogP contribution in [0, 0.1) is 0 Å². The average Bonchev–Trinajstić information content (AvgIpc) is 3.07. The van der Waals surface area contributed by atoms with Crippen LogP contribution >= 0.6 is 0 Å². The minimum Gasteiger partial charge on any atom is -0.481 e. The van der Waals surface area contributed by atoms with E-state index in [2.05, 4.69) is 22.8 Å². The van der Waals surface area contributed by atoms with Crippen LogP contribution in [-0.2, 0) is 19.1 Å². The number of ether oxygens (including phenoxy) is 2. The molecule has 8 nitrogen and oxygen atoms in total. The van der Waals surface area contributed by atoms with Crippen molar-refractivity contribution in [3.05, 3.63) is 59.7 Å². The lowest BCUT2D eigenvalue weighted by molar-refractivity contribution is -0.137. The smallest absolute Gasteiger partial charge is 0.407 e. The topological polar surface area (TPSA) is 114 Å². The molecule has 0 radical (unpaired) electrons. The Morgan fingerprint density at radius 2 is 1.53 bits per heavy atom. The highest BCUT2D eigenvalue weighted by molar-refractivity contribution is 5.86. The summed E-state index contributed by atoms with van der Waals surface area (Å²) in [6.07, 6.45) is -0.978. The molecule has 3 rings (SSSR count). The fourth-order valence-corrected chi connectivity index (χ4v) is 3.95. The number of amides is 2. The number of alkyl carbamates (subject to hydrolysis) is 1. The molecule has 2 amide bonds. The predicted molar refractivity (Wildman–Crippen MR) is 128 cm³/mol. The molecule has 0 fully saturated rings. The lowest BCUT2D eigenvalue weighted by Gasteiger charge is -2.25. The molecule has 2 atom stereocenters. The quantitative estimate of drug-likeness (QED) is 0.517. The number of carboxylic acids is 1. The Kier molecular flexibility index (Phi) is 7.94. The number of nitrogens with one attached hydrogen (secondary N) is 2. The van der Waals surface area contributed by atoms with Crippen LogP contribution in [0.15, 0.2) is 48.5 Å². The minimum atomic E-state index is -1.04. The lowest BCUT2D eigenvalue weighted by Crippen LogP contribution is -2.52. The number of benzene rings is 2. The first-order chi connectivity index (χ1) is 16.0. The highest BCUT2D eigenvalue weighted by Crippen LogP contribution is 2.44. The van der Waals surface area contributed by atoms with Crippen molar-refractivity contribution < 1.29 is 29.0 Å². The third-order valence-corrected chi connectivity index (χ3v) is 5.50. The zero-order valence-corrected chi connectivity index (χ0v) is 20.0. The average molecular weight is 469 g/mol. The molecule has 182 valence electrons. The maximum absolute atomic E-state index is 12.7. The Balaban J connectivity index is 1.66. The fourth-order valence-electron chi connectivity index (χ4n) is 3.95. The zero-order valence-electron chi connectivity index (χ0n) is 20.0. The van der Waals surface area contributed by atoms with Gasteiger partial charge in [-0.1, -0.05) is 48.5 Å². The molecule has 0 saturated heterocycles. The number of fused-ring (bicyclic) bond motifs is 3. The summed E-state index contributed by atoms with van der Waals surface area (Å²) in [4.78, 5) is 36.3. The second-order valence-corrected chi connectivity index (χ2v) is 9.45. The number of carbonyl (C=O) groups is 3. The molecule has 0 saturated carbocycles. The van der Waals surface area contributed by atoms with Gasteiger partial charge >= 0.3 is 12.1 Å². The highest BCUT2D eigenvalue weighted by atomic mass is 16.5. The van der Waals surface area contributed by atoms with E-state index in [1.165, 1.54) is 0 Å². The van der Waals surface area contributed by atoms with Crippen molar-refractivity contribution in [3.63, 3.8) is 0 Å². The molecular weight excluding hydrogens is 436 g/mol. The van der Waals surface area contributed by atoms with Gasteiger partial charge in [-0.2, -0.15) is 0 Å². The van der Waals surface area contributed by atoms with E-state index in [0.717, 1.165) is 22.3 Å². The minimum absolute atomic E-state index is 0.0840. The van der Waals surface area contributed by atoms with E-state index in [9.17, 15) is 14.4 Å². The van der Waals surface area contributed by atoms with E-state index < -0.39 is 35.7 Å². The van der Waals surface area contributed by atoms with Crippen molar-refractivity contribution >= 4 is 18.0 Å². The van der Waals surface area contributed by atoms with Crippen LogP contribution in [-0.4, -0.2) is 54.0 Å². The Hall–Kier alpha value is -3.39. The molecule has 2 aromatic carbocycles. The molecule has 0 aromatic heterocycles. The number of aliphatic carboxylic acids is 1. The van der Waals surface area contributed by atoms with Crippen molar-refractivity contribution in [2.75, 3.05) is 13.2 Å². The molecule has 1 aliphatic rings.